The van der Waals surface area contributed by atoms with Crippen LogP contribution in [0.3, 0.4) is 0 Å². The minimum absolute atomic E-state index is 0. The van der Waals surface area contributed by atoms with Crippen molar-refractivity contribution >= 4 is 11.2 Å². The Labute approximate surface area is 102 Å². The number of aromatic nitrogens is 4. The Bertz CT molecular complexity index is 435. The quantitative estimate of drug-likeness (QED) is 0.649. The summed E-state index contributed by atoms with van der Waals surface area (Å²) in [6.07, 6.45) is 2.81. The topological polar surface area (TPSA) is 43.6 Å². The second kappa shape index (κ2) is 3.80. The molecule has 1 radical (unpaired) electrons. The molecule has 2 rings (SSSR count). The first-order valence-corrected chi connectivity index (χ1v) is 3.74. The summed E-state index contributed by atoms with van der Waals surface area (Å²) in [6.45, 7) is 3.80. The van der Waals surface area contributed by atoms with E-state index in [2.05, 4.69) is 21.3 Å². The van der Waals surface area contributed by atoms with Crippen LogP contribution >= 0.6 is 0 Å². The molecule has 2 aromatic rings. The molecule has 0 spiro atoms. The van der Waals surface area contributed by atoms with E-state index >= 15 is 0 Å². The maximum atomic E-state index is 4.25. The van der Waals surface area contributed by atoms with Gasteiger partial charge >= 0.3 is 0 Å². The molecule has 65 valence electrons. The Morgan fingerprint density at radius 1 is 1.23 bits per heavy atom. The summed E-state index contributed by atoms with van der Waals surface area (Å²) in [6, 6.07) is 0. The molecule has 0 saturated carbocycles. The van der Waals surface area contributed by atoms with Gasteiger partial charge in [0.2, 0.25) is 0 Å². The van der Waals surface area contributed by atoms with Crippen molar-refractivity contribution in [3.63, 3.8) is 0 Å². The Balaban J connectivity index is 0.000000845. The monoisotopic (exact) mass is 250 g/mol. The van der Waals surface area contributed by atoms with Crippen LogP contribution in [0.1, 0.15) is 11.5 Å². The fourth-order valence-electron chi connectivity index (χ4n) is 1.23. The van der Waals surface area contributed by atoms with Crippen LogP contribution in [0.4, 0.5) is 0 Å². The van der Waals surface area contributed by atoms with Crippen molar-refractivity contribution in [1.29, 1.82) is 0 Å². The molecule has 0 fully saturated rings. The molecule has 0 N–H and O–H groups in total. The van der Waals surface area contributed by atoms with Gasteiger partial charge in [0.15, 0.2) is 0 Å². The van der Waals surface area contributed by atoms with Gasteiger partial charge in [-0.05, 0) is 26.4 Å². The van der Waals surface area contributed by atoms with Crippen molar-refractivity contribution in [2.24, 2.45) is 7.05 Å². The normalized spacial score (nSPS) is 10.1. The smallest absolute Gasteiger partial charge is 0.112 e. The number of aryl methyl sites for hydroxylation is 3. The van der Waals surface area contributed by atoms with Gasteiger partial charge < -0.3 is 9.55 Å². The number of nitrogens with zero attached hydrogens (tertiary/aromatic N) is 4. The van der Waals surface area contributed by atoms with E-state index in [-0.39, 0.29) is 32.7 Å². The molecule has 5 heteroatoms. The molecule has 0 aliphatic heterocycles. The molecule has 4 nitrogen and oxygen atoms in total. The van der Waals surface area contributed by atoms with Gasteiger partial charge in [-0.25, -0.2) is 0 Å². The minimum atomic E-state index is 0. The van der Waals surface area contributed by atoms with Crippen LogP contribution in [0.2, 0.25) is 0 Å². The fourth-order valence-corrected chi connectivity index (χ4v) is 1.23. The predicted octanol–water partition coefficient (Wildman–Crippen LogP) is 0.778. The Hall–Kier alpha value is -0.346. The van der Waals surface area contributed by atoms with E-state index in [0.717, 1.165) is 22.7 Å². The number of fused-ring (bicyclic) bond motifs is 1. The first kappa shape index (κ1) is 10.7. The van der Waals surface area contributed by atoms with Gasteiger partial charge in [-0.3, -0.25) is 9.97 Å². The predicted molar refractivity (Wildman–Crippen MR) is 44.6 cm³/mol. The minimum Gasteiger partial charge on any atom is -0.435 e. The third-order valence-corrected chi connectivity index (χ3v) is 1.78. The summed E-state index contributed by atoms with van der Waals surface area (Å²) >= 11 is 0. The number of rotatable bonds is 0. The van der Waals surface area contributed by atoms with Gasteiger partial charge in [0.1, 0.15) is 5.82 Å². The third-order valence-electron chi connectivity index (χ3n) is 1.78. The number of hydrogen-bond acceptors (Lipinski definition) is 3. The van der Waals surface area contributed by atoms with Crippen molar-refractivity contribution in [3.8, 4) is 0 Å². The zero-order chi connectivity index (χ0) is 8.72. The van der Waals surface area contributed by atoms with Gasteiger partial charge in [0.25, 0.3) is 0 Å². The molecule has 2 aromatic heterocycles. The molecule has 0 atom stereocenters. The van der Waals surface area contributed by atoms with Crippen LogP contribution in [0.5, 0.6) is 0 Å². The molecule has 0 aliphatic rings. The Morgan fingerprint density at radius 2 is 1.92 bits per heavy atom. The van der Waals surface area contributed by atoms with Crippen molar-refractivity contribution in [3.05, 3.63) is 17.8 Å². The molecule has 0 bridgehead atoms. The first-order chi connectivity index (χ1) is 5.68. The van der Waals surface area contributed by atoms with Crippen LogP contribution < -0.4 is 0 Å². The van der Waals surface area contributed by atoms with E-state index in [1.54, 1.807) is 4.57 Å². The molecule has 0 aromatic carbocycles. The average molecular weight is 250 g/mol. The van der Waals surface area contributed by atoms with Gasteiger partial charge in [0, 0.05) is 50.4 Å². The van der Waals surface area contributed by atoms with Crippen LogP contribution in [0, 0.1) is 20.2 Å². The fraction of sp³-hybridized carbons (Fsp3) is 0.375. The molecule has 0 saturated heterocycles. The first-order valence-electron chi connectivity index (χ1n) is 3.74. The van der Waals surface area contributed by atoms with Crippen molar-refractivity contribution < 1.29 is 32.7 Å². The van der Waals surface area contributed by atoms with Crippen LogP contribution in [0.25, 0.3) is 11.2 Å². The largest absolute Gasteiger partial charge is 0.435 e. The summed E-state index contributed by atoms with van der Waals surface area (Å²) in [5, 5.41) is 0. The molecule has 13 heavy (non-hydrogen) atoms. The van der Waals surface area contributed by atoms with E-state index in [1.807, 2.05) is 20.9 Å². The molecular formula is C8H9N4Y-. The van der Waals surface area contributed by atoms with Crippen molar-refractivity contribution in [2.45, 2.75) is 13.8 Å². The Kier molecular flexibility index (Phi) is 3.14. The zero-order valence-electron chi connectivity index (χ0n) is 7.87. The second-order valence-electron chi connectivity index (χ2n) is 2.80. The van der Waals surface area contributed by atoms with E-state index in [1.165, 1.54) is 0 Å². The summed E-state index contributed by atoms with van der Waals surface area (Å²) in [7, 11) is 1.88. The van der Waals surface area contributed by atoms with E-state index in [4.69, 9.17) is 0 Å². The van der Waals surface area contributed by atoms with Gasteiger partial charge in [-0.15, -0.1) is 0 Å². The van der Waals surface area contributed by atoms with E-state index < -0.39 is 0 Å². The summed E-state index contributed by atoms with van der Waals surface area (Å²) in [4.78, 5) is 12.5. The molecular weight excluding hydrogens is 241 g/mol. The average Bonchev–Trinajstić information content (AvgIpc) is 2.33. The standard InChI is InChI=1S/C8H9N4.Y/c1-5-7-8(11-6(2)10-5)12(3)4-9-7;/h1-3H3;/q-1;. The van der Waals surface area contributed by atoms with Crippen LogP contribution in [-0.2, 0) is 39.8 Å². The summed E-state index contributed by atoms with van der Waals surface area (Å²) < 4.78 is 1.77. The third kappa shape index (κ3) is 1.79. The SMILES string of the molecule is Cc1nc(C)c2n[c-]n(C)c2n1.[Y]. The molecule has 2 heterocycles. The van der Waals surface area contributed by atoms with Crippen LogP contribution in [-0.4, -0.2) is 19.5 Å². The zero-order valence-corrected chi connectivity index (χ0v) is 10.7. The number of imidazole rings is 1. The van der Waals surface area contributed by atoms with Crippen molar-refractivity contribution in [1.82, 2.24) is 19.5 Å². The molecule has 0 unspecified atom stereocenters. The van der Waals surface area contributed by atoms with Gasteiger partial charge in [-0.1, -0.05) is 0 Å². The maximum absolute atomic E-state index is 4.25. The maximum Gasteiger partial charge on any atom is 0.112 e. The van der Waals surface area contributed by atoms with Crippen molar-refractivity contribution in [2.75, 3.05) is 0 Å². The molecule has 0 amide bonds. The number of hydrogen-bond donors (Lipinski definition) is 0. The molecule has 0 aliphatic carbocycles. The van der Waals surface area contributed by atoms with Gasteiger partial charge in [0.05, 0.1) is 0 Å². The summed E-state index contributed by atoms with van der Waals surface area (Å²) in [5.41, 5.74) is 2.59. The van der Waals surface area contributed by atoms with Gasteiger partial charge in [-0.2, -0.15) is 0 Å². The summed E-state index contributed by atoms with van der Waals surface area (Å²) in [5.74, 6) is 0.775. The second-order valence-corrected chi connectivity index (χ2v) is 2.80. The van der Waals surface area contributed by atoms with E-state index in [9.17, 15) is 0 Å². The Morgan fingerprint density at radius 3 is 2.62 bits per heavy atom. The van der Waals surface area contributed by atoms with Crippen LogP contribution in [0.15, 0.2) is 0 Å². The van der Waals surface area contributed by atoms with E-state index in [0.29, 0.717) is 0 Å².